The number of benzene rings is 1. The minimum atomic E-state index is -0.448. The Morgan fingerprint density at radius 1 is 1.19 bits per heavy atom. The lowest BCUT2D eigenvalue weighted by Crippen LogP contribution is -2.32. The Balaban J connectivity index is 2.45. The van der Waals surface area contributed by atoms with Crippen molar-refractivity contribution < 1.29 is 9.53 Å². The summed E-state index contributed by atoms with van der Waals surface area (Å²) < 4.78 is 5.18. The highest BCUT2D eigenvalue weighted by atomic mass is 16.6. The van der Waals surface area contributed by atoms with Gasteiger partial charge < -0.3 is 10.1 Å². The predicted molar refractivity (Wildman–Crippen MR) is 88.5 cm³/mol. The number of alkyl carbamates (subject to hydrolysis) is 1. The summed E-state index contributed by atoms with van der Waals surface area (Å²) >= 11 is 0. The molecule has 3 heteroatoms. The van der Waals surface area contributed by atoms with E-state index in [1.807, 2.05) is 20.8 Å². The lowest BCUT2D eigenvalue weighted by Gasteiger charge is -2.19. The van der Waals surface area contributed by atoms with Gasteiger partial charge in [0.05, 0.1) is 0 Å². The molecule has 0 saturated carbocycles. The Hall–Kier alpha value is -1.77. The van der Waals surface area contributed by atoms with Crippen molar-refractivity contribution in [2.45, 2.75) is 53.6 Å². The van der Waals surface area contributed by atoms with E-state index < -0.39 is 5.60 Å². The van der Waals surface area contributed by atoms with Crippen LogP contribution in [0.5, 0.6) is 0 Å². The van der Waals surface area contributed by atoms with E-state index in [1.165, 1.54) is 22.3 Å². The molecule has 1 rings (SSSR count). The molecule has 0 saturated heterocycles. The number of nitrogens with one attached hydrogen (secondary N) is 1. The average Bonchev–Trinajstić information content (AvgIpc) is 2.29. The maximum absolute atomic E-state index is 11.5. The second kappa shape index (κ2) is 7.30. The van der Waals surface area contributed by atoms with Crippen LogP contribution < -0.4 is 5.32 Å². The molecular formula is C18H27NO2. The van der Waals surface area contributed by atoms with Gasteiger partial charge in [-0.25, -0.2) is 4.79 Å². The number of hydrogen-bond acceptors (Lipinski definition) is 2. The molecule has 0 radical (unpaired) electrons. The van der Waals surface area contributed by atoms with Gasteiger partial charge in [0.2, 0.25) is 0 Å². The highest BCUT2D eigenvalue weighted by molar-refractivity contribution is 5.67. The summed E-state index contributed by atoms with van der Waals surface area (Å²) in [6, 6.07) is 4.37. The molecule has 0 atom stereocenters. The van der Waals surface area contributed by atoms with Crippen molar-refractivity contribution in [1.29, 1.82) is 0 Å². The van der Waals surface area contributed by atoms with E-state index in [2.05, 4.69) is 50.4 Å². The van der Waals surface area contributed by atoms with Crippen LogP contribution in [0.1, 0.15) is 49.4 Å². The first-order valence-corrected chi connectivity index (χ1v) is 7.40. The van der Waals surface area contributed by atoms with Crippen LogP contribution in [0.4, 0.5) is 4.79 Å². The van der Waals surface area contributed by atoms with Crippen molar-refractivity contribution in [2.24, 2.45) is 0 Å². The van der Waals surface area contributed by atoms with Crippen LogP contribution >= 0.6 is 0 Å². The van der Waals surface area contributed by atoms with E-state index in [9.17, 15) is 4.79 Å². The molecule has 0 aromatic heterocycles. The van der Waals surface area contributed by atoms with Gasteiger partial charge in [-0.15, -0.1) is 0 Å². The van der Waals surface area contributed by atoms with E-state index in [0.29, 0.717) is 6.54 Å². The maximum atomic E-state index is 11.5. The molecule has 116 valence electrons. The van der Waals surface area contributed by atoms with Crippen molar-refractivity contribution in [2.75, 3.05) is 6.54 Å². The first-order valence-electron chi connectivity index (χ1n) is 7.40. The van der Waals surface area contributed by atoms with Gasteiger partial charge in [0.15, 0.2) is 0 Å². The summed E-state index contributed by atoms with van der Waals surface area (Å²) in [6.45, 7) is 12.5. The third-order valence-electron chi connectivity index (χ3n) is 3.00. The van der Waals surface area contributed by atoms with E-state index in [1.54, 1.807) is 0 Å². The lowest BCUT2D eigenvalue weighted by atomic mass is 9.99. The normalized spacial score (nSPS) is 11.7. The number of hydrogen-bond donors (Lipinski definition) is 1. The largest absolute Gasteiger partial charge is 0.444 e. The Labute approximate surface area is 128 Å². The van der Waals surface area contributed by atoms with E-state index in [4.69, 9.17) is 4.74 Å². The lowest BCUT2D eigenvalue weighted by molar-refractivity contribution is 0.0529. The van der Waals surface area contributed by atoms with Crippen LogP contribution in [0.2, 0.25) is 0 Å². The summed E-state index contributed by atoms with van der Waals surface area (Å²) in [5.74, 6) is 0. The standard InChI is InChI=1S/C18H27NO2/c1-13-11-14(2)16(15(3)12-13)9-7-8-10-19-17(20)21-18(4,5)6/h7,9,11-12H,8,10H2,1-6H3,(H,19,20). The molecule has 0 aliphatic heterocycles. The molecule has 1 aromatic carbocycles. The highest BCUT2D eigenvalue weighted by Crippen LogP contribution is 2.17. The average molecular weight is 289 g/mol. The van der Waals surface area contributed by atoms with Gasteiger partial charge in [-0.2, -0.15) is 0 Å². The second-order valence-corrected chi connectivity index (χ2v) is 6.43. The molecule has 1 N–H and O–H groups in total. The van der Waals surface area contributed by atoms with Crippen LogP contribution in [-0.4, -0.2) is 18.2 Å². The number of ether oxygens (including phenoxy) is 1. The summed E-state index contributed by atoms with van der Waals surface area (Å²) in [4.78, 5) is 11.5. The molecule has 0 spiro atoms. The Morgan fingerprint density at radius 3 is 2.29 bits per heavy atom. The third kappa shape index (κ3) is 6.48. The number of aryl methyl sites for hydroxylation is 3. The number of amides is 1. The van der Waals surface area contributed by atoms with Crippen LogP contribution in [0.25, 0.3) is 6.08 Å². The quantitative estimate of drug-likeness (QED) is 0.826. The first kappa shape index (κ1) is 17.3. The van der Waals surface area contributed by atoms with Gasteiger partial charge >= 0.3 is 6.09 Å². The zero-order chi connectivity index (χ0) is 16.0. The fraction of sp³-hybridized carbons (Fsp3) is 0.500. The summed E-state index contributed by atoms with van der Waals surface area (Å²) in [5.41, 5.74) is 4.66. The molecule has 0 bridgehead atoms. The third-order valence-corrected chi connectivity index (χ3v) is 3.00. The maximum Gasteiger partial charge on any atom is 0.407 e. The zero-order valence-corrected chi connectivity index (χ0v) is 14.0. The molecule has 0 fully saturated rings. The van der Waals surface area contributed by atoms with E-state index >= 15 is 0 Å². The molecule has 3 nitrogen and oxygen atoms in total. The predicted octanol–water partition coefficient (Wildman–Crippen LogP) is 4.54. The molecule has 1 amide bonds. The molecule has 0 aliphatic carbocycles. The minimum absolute atomic E-state index is 0.362. The second-order valence-electron chi connectivity index (χ2n) is 6.43. The number of carbonyl (C=O) groups excluding carboxylic acids is 1. The molecule has 1 aromatic rings. The van der Waals surface area contributed by atoms with Gasteiger partial charge in [0.1, 0.15) is 5.60 Å². The van der Waals surface area contributed by atoms with Gasteiger partial charge in [0.25, 0.3) is 0 Å². The van der Waals surface area contributed by atoms with E-state index in [-0.39, 0.29) is 6.09 Å². The summed E-state index contributed by atoms with van der Waals surface area (Å²) in [6.07, 6.45) is 4.63. The van der Waals surface area contributed by atoms with Gasteiger partial charge in [-0.3, -0.25) is 0 Å². The topological polar surface area (TPSA) is 38.3 Å². The Morgan fingerprint density at radius 2 is 1.76 bits per heavy atom. The van der Waals surface area contributed by atoms with Crippen molar-refractivity contribution in [3.63, 3.8) is 0 Å². The minimum Gasteiger partial charge on any atom is -0.444 e. The fourth-order valence-corrected chi connectivity index (χ4v) is 2.23. The summed E-state index contributed by atoms with van der Waals surface area (Å²) in [7, 11) is 0. The number of rotatable bonds is 4. The fourth-order valence-electron chi connectivity index (χ4n) is 2.23. The number of carbonyl (C=O) groups is 1. The van der Waals surface area contributed by atoms with Crippen LogP contribution in [0, 0.1) is 20.8 Å². The SMILES string of the molecule is Cc1cc(C)c(C=CCCNC(=O)OC(C)(C)C)c(C)c1. The molecular weight excluding hydrogens is 262 g/mol. The summed E-state index contributed by atoms with van der Waals surface area (Å²) in [5, 5.41) is 2.75. The van der Waals surface area contributed by atoms with Crippen LogP contribution in [0.15, 0.2) is 18.2 Å². The van der Waals surface area contributed by atoms with Crippen molar-refractivity contribution >= 4 is 12.2 Å². The molecule has 21 heavy (non-hydrogen) atoms. The van der Waals surface area contributed by atoms with Gasteiger partial charge in [0, 0.05) is 6.54 Å². The smallest absolute Gasteiger partial charge is 0.407 e. The van der Waals surface area contributed by atoms with Crippen molar-refractivity contribution in [3.05, 3.63) is 40.5 Å². The Bertz CT molecular complexity index is 502. The Kier molecular flexibility index (Phi) is 6.01. The van der Waals surface area contributed by atoms with Crippen molar-refractivity contribution in [3.8, 4) is 0 Å². The van der Waals surface area contributed by atoms with Gasteiger partial charge in [-0.1, -0.05) is 29.8 Å². The molecule has 0 unspecified atom stereocenters. The highest BCUT2D eigenvalue weighted by Gasteiger charge is 2.15. The molecule has 0 aliphatic rings. The van der Waals surface area contributed by atoms with Crippen LogP contribution in [0.3, 0.4) is 0 Å². The molecule has 0 heterocycles. The van der Waals surface area contributed by atoms with Crippen molar-refractivity contribution in [1.82, 2.24) is 5.32 Å². The first-order chi connectivity index (χ1) is 9.69. The monoisotopic (exact) mass is 289 g/mol. The van der Waals surface area contributed by atoms with E-state index in [0.717, 1.165) is 6.42 Å². The zero-order valence-electron chi connectivity index (χ0n) is 14.0. The van der Waals surface area contributed by atoms with Gasteiger partial charge in [-0.05, 0) is 64.7 Å². The van der Waals surface area contributed by atoms with Crippen LogP contribution in [-0.2, 0) is 4.74 Å².